The molecule has 0 atom stereocenters. The number of hydrogen-bond acceptors (Lipinski definition) is 5. The van der Waals surface area contributed by atoms with Crippen LogP contribution in [0.25, 0.3) is 0 Å². The Morgan fingerprint density at radius 1 is 1.50 bits per heavy atom. The molecule has 0 radical (unpaired) electrons. The summed E-state index contributed by atoms with van der Waals surface area (Å²) in [5, 5.41) is 16.6. The Balaban J connectivity index is 1.98. The largest absolute Gasteiger partial charge is 0.487 e. The van der Waals surface area contributed by atoms with Crippen LogP contribution in [-0.4, -0.2) is 30.0 Å². The molecule has 7 heteroatoms. The number of carbonyl (C=O) groups excluding carboxylic acids is 1. The van der Waals surface area contributed by atoms with Gasteiger partial charge in [0, 0.05) is 23.9 Å². The summed E-state index contributed by atoms with van der Waals surface area (Å²) in [6.45, 7) is 2.24. The van der Waals surface area contributed by atoms with E-state index >= 15 is 0 Å². The van der Waals surface area contributed by atoms with Crippen LogP contribution in [0.3, 0.4) is 0 Å². The molecule has 1 aliphatic carbocycles. The van der Waals surface area contributed by atoms with E-state index in [4.69, 9.17) is 4.74 Å². The molecular weight excluding hydrogens is 262 g/mol. The average Bonchev–Trinajstić information content (AvgIpc) is 3.20. The zero-order chi connectivity index (χ0) is 14.5. The van der Waals surface area contributed by atoms with Crippen LogP contribution in [0, 0.1) is 10.1 Å². The van der Waals surface area contributed by atoms with E-state index in [-0.39, 0.29) is 23.9 Å². The van der Waals surface area contributed by atoms with Crippen molar-refractivity contribution in [3.05, 3.63) is 28.3 Å². The van der Waals surface area contributed by atoms with Crippen molar-refractivity contribution < 1.29 is 14.5 Å². The fraction of sp³-hybridized carbons (Fsp3) is 0.462. The molecule has 2 rings (SSSR count). The Bertz CT molecular complexity index is 514. The highest BCUT2D eigenvalue weighted by molar-refractivity contribution is 5.81. The first kappa shape index (κ1) is 14.1. The molecule has 0 bridgehead atoms. The number of amides is 1. The highest BCUT2D eigenvalue weighted by Gasteiger charge is 2.23. The van der Waals surface area contributed by atoms with Gasteiger partial charge in [0.2, 0.25) is 5.91 Å². The van der Waals surface area contributed by atoms with Gasteiger partial charge in [-0.2, -0.15) is 0 Å². The number of nitrogens with zero attached hydrogens (tertiary/aromatic N) is 1. The van der Waals surface area contributed by atoms with Gasteiger partial charge >= 0.3 is 5.69 Å². The number of benzene rings is 1. The normalized spacial score (nSPS) is 13.7. The van der Waals surface area contributed by atoms with Gasteiger partial charge < -0.3 is 15.4 Å². The average molecular weight is 279 g/mol. The maximum absolute atomic E-state index is 11.5. The molecule has 1 aromatic rings. The summed E-state index contributed by atoms with van der Waals surface area (Å²) in [7, 11) is 0. The molecule has 1 amide bonds. The topological polar surface area (TPSA) is 93.5 Å². The van der Waals surface area contributed by atoms with Crippen LogP contribution in [0.5, 0.6) is 5.75 Å². The van der Waals surface area contributed by atoms with Crippen molar-refractivity contribution in [3.8, 4) is 5.75 Å². The molecule has 0 spiro atoms. The minimum atomic E-state index is -0.491. The second-order valence-corrected chi connectivity index (χ2v) is 4.57. The van der Waals surface area contributed by atoms with E-state index in [0.29, 0.717) is 18.3 Å². The number of ether oxygens (including phenoxy) is 1. The van der Waals surface area contributed by atoms with Gasteiger partial charge in [0.15, 0.2) is 5.75 Å². The first-order valence-electron chi connectivity index (χ1n) is 6.54. The highest BCUT2D eigenvalue weighted by atomic mass is 16.6. The summed E-state index contributed by atoms with van der Waals surface area (Å²) >= 11 is 0. The molecule has 20 heavy (non-hydrogen) atoms. The monoisotopic (exact) mass is 279 g/mol. The molecule has 7 nitrogen and oxygen atoms in total. The lowest BCUT2D eigenvalue weighted by Crippen LogP contribution is -2.31. The van der Waals surface area contributed by atoms with Gasteiger partial charge in [-0.15, -0.1) is 0 Å². The molecule has 0 saturated heterocycles. The Morgan fingerprint density at radius 2 is 2.25 bits per heavy atom. The third kappa shape index (κ3) is 3.84. The fourth-order valence-corrected chi connectivity index (χ4v) is 1.73. The van der Waals surface area contributed by atoms with E-state index in [9.17, 15) is 14.9 Å². The molecule has 0 aliphatic heterocycles. The number of nitro benzene ring substituents is 1. The van der Waals surface area contributed by atoms with Crippen molar-refractivity contribution in [1.82, 2.24) is 5.32 Å². The van der Waals surface area contributed by atoms with Gasteiger partial charge in [0.1, 0.15) is 0 Å². The molecular formula is C13H17N3O4. The Kier molecular flexibility index (Phi) is 4.39. The number of rotatable bonds is 7. The smallest absolute Gasteiger partial charge is 0.311 e. The number of hydrogen-bond donors (Lipinski definition) is 2. The maximum Gasteiger partial charge on any atom is 0.311 e. The molecule has 1 saturated carbocycles. The zero-order valence-electron chi connectivity index (χ0n) is 11.2. The first-order chi connectivity index (χ1) is 9.60. The lowest BCUT2D eigenvalue weighted by Gasteiger charge is -2.09. The first-order valence-corrected chi connectivity index (χ1v) is 6.54. The summed E-state index contributed by atoms with van der Waals surface area (Å²) < 4.78 is 5.24. The summed E-state index contributed by atoms with van der Waals surface area (Å²) in [4.78, 5) is 21.9. The predicted molar refractivity (Wildman–Crippen MR) is 73.9 cm³/mol. The second-order valence-electron chi connectivity index (χ2n) is 4.57. The van der Waals surface area contributed by atoms with Crippen LogP contribution in [0.1, 0.15) is 19.8 Å². The third-order valence-electron chi connectivity index (χ3n) is 2.85. The van der Waals surface area contributed by atoms with Gasteiger partial charge in [-0.25, -0.2) is 0 Å². The predicted octanol–water partition coefficient (Wildman–Crippen LogP) is 1.68. The minimum Gasteiger partial charge on any atom is -0.487 e. The number of nitrogens with one attached hydrogen (secondary N) is 2. The maximum atomic E-state index is 11.5. The molecule has 0 aromatic heterocycles. The molecule has 108 valence electrons. The van der Waals surface area contributed by atoms with Crippen LogP contribution in [0.2, 0.25) is 0 Å². The lowest BCUT2D eigenvalue weighted by atomic mass is 10.2. The Hall–Kier alpha value is -2.31. The fourth-order valence-electron chi connectivity index (χ4n) is 1.73. The van der Waals surface area contributed by atoms with Crippen LogP contribution >= 0.6 is 0 Å². The summed E-state index contributed by atoms with van der Waals surface area (Å²) in [5.74, 6) is 0.119. The Morgan fingerprint density at radius 3 is 2.85 bits per heavy atom. The third-order valence-corrected chi connectivity index (χ3v) is 2.85. The van der Waals surface area contributed by atoms with Gasteiger partial charge in [-0.3, -0.25) is 14.9 Å². The van der Waals surface area contributed by atoms with Crippen LogP contribution < -0.4 is 15.4 Å². The van der Waals surface area contributed by atoms with Gasteiger partial charge in [0.05, 0.1) is 18.1 Å². The molecule has 1 aliphatic rings. The van der Waals surface area contributed by atoms with Crippen molar-refractivity contribution >= 4 is 17.3 Å². The van der Waals surface area contributed by atoms with Crippen molar-refractivity contribution in [2.45, 2.75) is 25.8 Å². The second kappa shape index (κ2) is 6.23. The van der Waals surface area contributed by atoms with Crippen molar-refractivity contribution in [2.75, 3.05) is 18.5 Å². The number of carbonyl (C=O) groups is 1. The summed E-state index contributed by atoms with van der Waals surface area (Å²) in [5.41, 5.74) is 0.532. The number of nitro groups is 1. The van der Waals surface area contributed by atoms with E-state index < -0.39 is 4.92 Å². The van der Waals surface area contributed by atoms with Crippen LogP contribution in [0.15, 0.2) is 18.2 Å². The van der Waals surface area contributed by atoms with Crippen LogP contribution in [-0.2, 0) is 4.79 Å². The lowest BCUT2D eigenvalue weighted by molar-refractivity contribution is -0.385. The van der Waals surface area contributed by atoms with Crippen LogP contribution in [0.4, 0.5) is 11.4 Å². The van der Waals surface area contributed by atoms with E-state index in [2.05, 4.69) is 10.6 Å². The van der Waals surface area contributed by atoms with Gasteiger partial charge in [0.25, 0.3) is 0 Å². The van der Waals surface area contributed by atoms with Crippen molar-refractivity contribution in [2.24, 2.45) is 0 Å². The highest BCUT2D eigenvalue weighted by Crippen LogP contribution is 2.30. The van der Waals surface area contributed by atoms with E-state index in [0.717, 1.165) is 12.8 Å². The molecule has 1 aromatic carbocycles. The standard InChI is InChI=1S/C13H17N3O4/c1-2-20-12-7-10(5-6-11(12)16(18)19)14-8-13(17)15-9-3-4-9/h5-7,9,14H,2-4,8H2,1H3,(H,15,17). The van der Waals surface area contributed by atoms with E-state index in [1.54, 1.807) is 13.0 Å². The minimum absolute atomic E-state index is 0.0798. The molecule has 2 N–H and O–H groups in total. The van der Waals surface area contributed by atoms with Crippen molar-refractivity contribution in [3.63, 3.8) is 0 Å². The van der Waals surface area contributed by atoms with Gasteiger partial charge in [-0.1, -0.05) is 0 Å². The Labute approximate surface area is 116 Å². The number of anilines is 1. The van der Waals surface area contributed by atoms with E-state index in [1.807, 2.05) is 0 Å². The molecule has 1 fully saturated rings. The zero-order valence-corrected chi connectivity index (χ0v) is 11.2. The summed E-state index contributed by atoms with van der Waals surface area (Å²) in [6, 6.07) is 4.78. The van der Waals surface area contributed by atoms with E-state index in [1.165, 1.54) is 12.1 Å². The van der Waals surface area contributed by atoms with Crippen molar-refractivity contribution in [1.29, 1.82) is 0 Å². The summed E-state index contributed by atoms with van der Waals surface area (Å²) in [6.07, 6.45) is 2.08. The molecule has 0 unspecified atom stereocenters. The van der Waals surface area contributed by atoms with Gasteiger partial charge in [-0.05, 0) is 25.8 Å². The molecule has 0 heterocycles. The quantitative estimate of drug-likeness (QED) is 0.585. The SMILES string of the molecule is CCOc1cc(NCC(=O)NC2CC2)ccc1[N+](=O)[O-].